The van der Waals surface area contributed by atoms with Crippen LogP contribution < -0.4 is 0 Å². The summed E-state index contributed by atoms with van der Waals surface area (Å²) in [5, 5.41) is 3.82. The van der Waals surface area contributed by atoms with Gasteiger partial charge >= 0.3 is 0 Å². The molecule has 2 aliphatic rings. The van der Waals surface area contributed by atoms with Crippen molar-refractivity contribution < 1.29 is 9.59 Å². The molecule has 5 heteroatoms. The number of thiophene rings is 1. The Morgan fingerprint density at radius 1 is 1.33 bits per heavy atom. The summed E-state index contributed by atoms with van der Waals surface area (Å²) in [4.78, 5) is 28.7. The minimum atomic E-state index is -0.0300. The lowest BCUT2D eigenvalue weighted by Gasteiger charge is -2.30. The van der Waals surface area contributed by atoms with Crippen molar-refractivity contribution in [3.63, 3.8) is 0 Å². The van der Waals surface area contributed by atoms with Crippen molar-refractivity contribution in [1.29, 1.82) is 0 Å². The van der Waals surface area contributed by atoms with Crippen LogP contribution in [0.5, 0.6) is 0 Å². The van der Waals surface area contributed by atoms with E-state index in [9.17, 15) is 9.59 Å². The van der Waals surface area contributed by atoms with Gasteiger partial charge in [-0.3, -0.25) is 9.59 Å². The van der Waals surface area contributed by atoms with E-state index in [-0.39, 0.29) is 23.1 Å². The van der Waals surface area contributed by atoms with Crippen LogP contribution in [0.4, 0.5) is 0 Å². The van der Waals surface area contributed by atoms with Crippen molar-refractivity contribution in [3.8, 4) is 0 Å². The van der Waals surface area contributed by atoms with Gasteiger partial charge in [-0.25, -0.2) is 0 Å². The van der Waals surface area contributed by atoms with Gasteiger partial charge in [0.25, 0.3) is 5.91 Å². The molecule has 1 aliphatic heterocycles. The average Bonchev–Trinajstić information content (AvgIpc) is 3.19. The van der Waals surface area contributed by atoms with Crippen LogP contribution >= 0.6 is 11.3 Å². The molecule has 2 amide bonds. The van der Waals surface area contributed by atoms with Crippen molar-refractivity contribution in [2.45, 2.75) is 25.7 Å². The van der Waals surface area contributed by atoms with Gasteiger partial charge in [0.1, 0.15) is 0 Å². The zero-order valence-electron chi connectivity index (χ0n) is 12.7. The minimum absolute atomic E-state index is 0.0209. The van der Waals surface area contributed by atoms with Gasteiger partial charge in [-0.2, -0.15) is 11.3 Å². The molecule has 1 aromatic rings. The highest BCUT2D eigenvalue weighted by Crippen LogP contribution is 2.49. The molecule has 1 unspecified atom stereocenters. The summed E-state index contributed by atoms with van der Waals surface area (Å²) in [7, 11) is 3.63. The number of carbonyl (C=O) groups is 2. The standard InChI is InChI=1S/C16H22N2O2S/c1-17(2)15(20)13-9-18(11-16(13)6-3-4-7-16)14(19)12-5-8-21-10-12/h5,8,10,13H,3-4,6-7,9,11H2,1-2H3. The molecule has 1 aliphatic carbocycles. The SMILES string of the molecule is CN(C)C(=O)C1CN(C(=O)c2ccsc2)CC12CCCC2. The predicted molar refractivity (Wildman–Crippen MR) is 83.3 cm³/mol. The first kappa shape index (κ1) is 14.6. The zero-order chi connectivity index (χ0) is 15.0. The maximum Gasteiger partial charge on any atom is 0.254 e. The predicted octanol–water partition coefficient (Wildman–Crippen LogP) is 2.47. The van der Waals surface area contributed by atoms with Crippen molar-refractivity contribution in [2.24, 2.45) is 11.3 Å². The van der Waals surface area contributed by atoms with Crippen LogP contribution in [0.2, 0.25) is 0 Å². The molecule has 2 fully saturated rings. The Morgan fingerprint density at radius 2 is 2.05 bits per heavy atom. The number of hydrogen-bond donors (Lipinski definition) is 0. The van der Waals surface area contributed by atoms with E-state index in [0.29, 0.717) is 6.54 Å². The van der Waals surface area contributed by atoms with Gasteiger partial charge in [0, 0.05) is 38.0 Å². The Labute approximate surface area is 129 Å². The Hall–Kier alpha value is -1.36. The summed E-state index contributed by atoms with van der Waals surface area (Å²) in [5.41, 5.74) is 0.777. The van der Waals surface area contributed by atoms with Gasteiger partial charge in [-0.1, -0.05) is 12.8 Å². The molecule has 1 saturated carbocycles. The Kier molecular flexibility index (Phi) is 3.78. The van der Waals surface area contributed by atoms with Crippen molar-refractivity contribution >= 4 is 23.2 Å². The first-order valence-corrected chi connectivity index (χ1v) is 8.50. The molecule has 0 bridgehead atoms. The molecule has 4 nitrogen and oxygen atoms in total. The maximum atomic E-state index is 12.6. The van der Waals surface area contributed by atoms with Crippen LogP contribution in [0.15, 0.2) is 16.8 Å². The van der Waals surface area contributed by atoms with Gasteiger partial charge in [0.2, 0.25) is 5.91 Å². The first-order valence-electron chi connectivity index (χ1n) is 7.56. The lowest BCUT2D eigenvalue weighted by molar-refractivity contribution is -0.135. The molecule has 1 spiro atoms. The molecule has 0 aromatic carbocycles. The Morgan fingerprint density at radius 3 is 2.62 bits per heavy atom. The molecule has 1 saturated heterocycles. The summed E-state index contributed by atoms with van der Waals surface area (Å²) >= 11 is 1.54. The smallest absolute Gasteiger partial charge is 0.254 e. The van der Waals surface area contributed by atoms with Crippen molar-refractivity contribution in [2.75, 3.05) is 27.2 Å². The number of likely N-dealkylation sites (tertiary alicyclic amines) is 1. The zero-order valence-corrected chi connectivity index (χ0v) is 13.5. The van der Waals surface area contributed by atoms with E-state index in [1.807, 2.05) is 35.8 Å². The Balaban J connectivity index is 1.84. The van der Waals surface area contributed by atoms with Crippen LogP contribution in [-0.2, 0) is 4.79 Å². The summed E-state index contributed by atoms with van der Waals surface area (Å²) in [6.45, 7) is 1.32. The fourth-order valence-corrected chi connectivity index (χ4v) is 4.56. The normalized spacial score (nSPS) is 23.7. The van der Waals surface area contributed by atoms with E-state index in [1.165, 1.54) is 24.2 Å². The highest BCUT2D eigenvalue weighted by Gasteiger charge is 2.52. The molecule has 0 N–H and O–H groups in total. The van der Waals surface area contributed by atoms with Gasteiger partial charge in [0.05, 0.1) is 11.5 Å². The lowest BCUT2D eigenvalue weighted by Crippen LogP contribution is -2.39. The second-order valence-electron chi connectivity index (χ2n) is 6.55. The average molecular weight is 306 g/mol. The molecular formula is C16H22N2O2S. The summed E-state index contributed by atoms with van der Waals surface area (Å²) in [6, 6.07) is 1.87. The molecule has 114 valence electrons. The number of hydrogen-bond acceptors (Lipinski definition) is 3. The molecule has 0 radical (unpaired) electrons. The van der Waals surface area contributed by atoms with Crippen molar-refractivity contribution in [1.82, 2.24) is 9.80 Å². The number of amides is 2. The van der Waals surface area contributed by atoms with Crippen LogP contribution in [0.3, 0.4) is 0 Å². The molecule has 1 aromatic heterocycles. The van der Waals surface area contributed by atoms with Crippen LogP contribution in [-0.4, -0.2) is 48.8 Å². The quantitative estimate of drug-likeness (QED) is 0.842. The third kappa shape index (κ3) is 2.48. The fraction of sp³-hybridized carbons (Fsp3) is 0.625. The van der Waals surface area contributed by atoms with E-state index in [1.54, 1.807) is 4.90 Å². The summed E-state index contributed by atoms with van der Waals surface area (Å²) in [6.07, 6.45) is 4.50. The third-order valence-corrected chi connectivity index (χ3v) is 5.72. The molecule has 2 heterocycles. The summed E-state index contributed by atoms with van der Waals surface area (Å²) < 4.78 is 0. The Bertz CT molecular complexity index is 532. The first-order chi connectivity index (χ1) is 10.0. The van der Waals surface area contributed by atoms with Gasteiger partial charge in [0.15, 0.2) is 0 Å². The number of carbonyl (C=O) groups excluding carboxylic acids is 2. The second-order valence-corrected chi connectivity index (χ2v) is 7.33. The maximum absolute atomic E-state index is 12.6. The third-order valence-electron chi connectivity index (χ3n) is 5.04. The van der Waals surface area contributed by atoms with Crippen LogP contribution in [0.1, 0.15) is 36.0 Å². The lowest BCUT2D eigenvalue weighted by atomic mass is 9.76. The van der Waals surface area contributed by atoms with Gasteiger partial charge < -0.3 is 9.80 Å². The second kappa shape index (κ2) is 5.44. The number of rotatable bonds is 2. The largest absolute Gasteiger partial charge is 0.349 e. The van der Waals surface area contributed by atoms with Crippen LogP contribution in [0, 0.1) is 11.3 Å². The van der Waals surface area contributed by atoms with Crippen molar-refractivity contribution in [3.05, 3.63) is 22.4 Å². The van der Waals surface area contributed by atoms with E-state index in [0.717, 1.165) is 24.9 Å². The summed E-state index contributed by atoms with van der Waals surface area (Å²) in [5.74, 6) is 0.228. The molecule has 1 atom stereocenters. The fourth-order valence-electron chi connectivity index (χ4n) is 3.93. The van der Waals surface area contributed by atoms with Crippen LogP contribution in [0.25, 0.3) is 0 Å². The van der Waals surface area contributed by atoms with E-state index < -0.39 is 0 Å². The highest BCUT2D eigenvalue weighted by molar-refractivity contribution is 7.08. The van der Waals surface area contributed by atoms with Gasteiger partial charge in [-0.05, 0) is 24.3 Å². The topological polar surface area (TPSA) is 40.6 Å². The van der Waals surface area contributed by atoms with E-state index in [4.69, 9.17) is 0 Å². The van der Waals surface area contributed by atoms with E-state index >= 15 is 0 Å². The monoisotopic (exact) mass is 306 g/mol. The van der Waals surface area contributed by atoms with E-state index in [2.05, 4.69) is 0 Å². The number of nitrogens with zero attached hydrogens (tertiary/aromatic N) is 2. The molecule has 3 rings (SSSR count). The molecular weight excluding hydrogens is 284 g/mol. The van der Waals surface area contributed by atoms with Gasteiger partial charge in [-0.15, -0.1) is 0 Å². The highest BCUT2D eigenvalue weighted by atomic mass is 32.1. The molecule has 21 heavy (non-hydrogen) atoms. The minimum Gasteiger partial charge on any atom is -0.349 e.